The fourth-order valence-electron chi connectivity index (χ4n) is 4.45. The highest BCUT2D eigenvalue weighted by atomic mass is 32.1. The van der Waals surface area contributed by atoms with Crippen molar-refractivity contribution in [2.45, 2.75) is 19.3 Å². The van der Waals surface area contributed by atoms with Crippen LogP contribution in [0.4, 0.5) is 10.0 Å². The van der Waals surface area contributed by atoms with E-state index in [0.29, 0.717) is 10.0 Å². The highest BCUT2D eigenvalue weighted by molar-refractivity contribution is 7.40. The summed E-state index contributed by atoms with van der Waals surface area (Å²) < 4.78 is 5.19. The number of amidine groups is 2. The molecule has 0 saturated carbocycles. The highest BCUT2D eigenvalue weighted by Crippen LogP contribution is 2.58. The van der Waals surface area contributed by atoms with Gasteiger partial charge in [-0.2, -0.15) is 0 Å². The first kappa shape index (κ1) is 24.4. The van der Waals surface area contributed by atoms with Gasteiger partial charge < -0.3 is 9.69 Å². The molecule has 0 fully saturated rings. The molecule has 5 aromatic rings. The molecule has 0 aromatic carbocycles. The molecule has 0 atom stereocenters. The van der Waals surface area contributed by atoms with Crippen LogP contribution in [0.1, 0.15) is 29.2 Å². The van der Waals surface area contributed by atoms with Crippen molar-refractivity contribution in [3.63, 3.8) is 0 Å². The highest BCUT2D eigenvalue weighted by Gasteiger charge is 2.39. The molecule has 5 aromatic heterocycles. The normalized spacial score (nSPS) is 14.6. The van der Waals surface area contributed by atoms with Crippen LogP contribution in [0.2, 0.25) is 0 Å². The number of nitriles is 2. The largest absolute Gasteiger partial charge is 0.351 e. The number of aliphatic imine (C=N–C) groups is 2. The second-order valence-electron chi connectivity index (χ2n) is 8.68. The lowest BCUT2D eigenvalue weighted by molar-refractivity contribution is 0.715. The minimum absolute atomic E-state index is 0.154. The lowest BCUT2D eigenvalue weighted by Crippen LogP contribution is -2.15. The van der Waals surface area contributed by atoms with Crippen LogP contribution in [0.25, 0.3) is 49.9 Å². The standard InChI is InChI=1S/C27H12N6S5/c1-27(2)13(14-5-7-21(34-14)32-19(11-28)30-3)9-17-23(27)25-26(37-17)24-18(38-25)10-16(36-24)15-6-8-22(35-15)33-20(12-29)31-4/h5-10H,1-2H3. The SMILES string of the molecule is [C-]#[N+]C(C#N)=Nc1ccc(C2=Cc3sc4c(sc5cc(-c6ccc(N=C(C#N)[N+]#[C-])s6)sc54)c3C2(C)C)s1. The Labute approximate surface area is 237 Å². The Morgan fingerprint density at radius 1 is 0.789 bits per heavy atom. The summed E-state index contributed by atoms with van der Waals surface area (Å²) in [5.74, 6) is -0.309. The van der Waals surface area contributed by atoms with Gasteiger partial charge in [-0.3, -0.25) is 0 Å². The van der Waals surface area contributed by atoms with E-state index in [2.05, 4.69) is 45.7 Å². The van der Waals surface area contributed by atoms with Gasteiger partial charge >= 0.3 is 11.7 Å². The third kappa shape index (κ3) is 3.81. The summed E-state index contributed by atoms with van der Waals surface area (Å²) in [6.45, 7) is 18.6. The van der Waals surface area contributed by atoms with E-state index in [9.17, 15) is 0 Å². The summed E-state index contributed by atoms with van der Waals surface area (Å²) >= 11 is 8.41. The van der Waals surface area contributed by atoms with Crippen molar-refractivity contribution in [1.29, 1.82) is 10.5 Å². The third-order valence-electron chi connectivity index (χ3n) is 6.12. The molecule has 0 amide bonds. The van der Waals surface area contributed by atoms with Gasteiger partial charge in [-0.1, -0.05) is 59.7 Å². The zero-order valence-electron chi connectivity index (χ0n) is 19.7. The van der Waals surface area contributed by atoms with E-state index in [0.717, 1.165) is 14.6 Å². The molecule has 0 saturated heterocycles. The average Bonchev–Trinajstić information content (AvgIpc) is 3.72. The quantitative estimate of drug-likeness (QED) is 0.120. The zero-order valence-corrected chi connectivity index (χ0v) is 23.8. The number of thiophene rings is 5. The minimum Gasteiger partial charge on any atom is -0.351 e. The van der Waals surface area contributed by atoms with E-state index in [4.69, 9.17) is 23.7 Å². The molecular formula is C27H12N6S5. The fourth-order valence-corrected chi connectivity index (χ4v) is 11.0. The molecule has 6 nitrogen and oxygen atoms in total. The van der Waals surface area contributed by atoms with Crippen LogP contribution in [-0.2, 0) is 5.41 Å². The van der Waals surface area contributed by atoms with Crippen LogP contribution in [0.15, 0.2) is 40.3 Å². The van der Waals surface area contributed by atoms with Crippen LogP contribution < -0.4 is 0 Å². The summed E-state index contributed by atoms with van der Waals surface area (Å²) in [5.41, 5.74) is 2.40. The lowest BCUT2D eigenvalue weighted by atomic mass is 9.81. The number of rotatable bonds is 4. The van der Waals surface area contributed by atoms with Gasteiger partial charge in [0.2, 0.25) is 10.0 Å². The van der Waals surface area contributed by atoms with Gasteiger partial charge in [0.1, 0.15) is 12.1 Å². The molecule has 0 aliphatic heterocycles. The Bertz CT molecular complexity index is 2020. The van der Waals surface area contributed by atoms with Gasteiger partial charge in [0, 0.05) is 29.6 Å². The van der Waals surface area contributed by atoms with Gasteiger partial charge in [-0.25, -0.2) is 10.5 Å². The van der Waals surface area contributed by atoms with Crippen LogP contribution in [0.5, 0.6) is 0 Å². The topological polar surface area (TPSA) is 81.0 Å². The monoisotopic (exact) mass is 580 g/mol. The number of allylic oxidation sites excluding steroid dienone is 1. The second-order valence-corrected chi connectivity index (χ2v) is 14.0. The Hall–Kier alpha value is -3.94. The molecule has 0 spiro atoms. The molecule has 0 radical (unpaired) electrons. The van der Waals surface area contributed by atoms with Crippen molar-refractivity contribution in [2.75, 3.05) is 0 Å². The number of hydrogen-bond acceptors (Lipinski definition) is 9. The van der Waals surface area contributed by atoms with Gasteiger partial charge in [0.15, 0.2) is 0 Å². The Balaban J connectivity index is 1.37. The summed E-state index contributed by atoms with van der Waals surface area (Å²) in [6, 6.07) is 13.6. The maximum absolute atomic E-state index is 9.03. The van der Waals surface area contributed by atoms with Gasteiger partial charge in [0.25, 0.3) is 0 Å². The van der Waals surface area contributed by atoms with Crippen LogP contribution in [0.3, 0.4) is 0 Å². The Morgan fingerprint density at radius 3 is 2.05 bits per heavy atom. The summed E-state index contributed by atoms with van der Waals surface area (Å²) in [4.78, 5) is 19.2. The molecule has 0 N–H and O–H groups in total. The van der Waals surface area contributed by atoms with E-state index in [-0.39, 0.29) is 17.1 Å². The van der Waals surface area contributed by atoms with Crippen molar-refractivity contribution >= 4 is 109 Å². The molecule has 1 aliphatic rings. The van der Waals surface area contributed by atoms with Gasteiger partial charge in [-0.05, 0) is 47.5 Å². The van der Waals surface area contributed by atoms with Crippen molar-refractivity contribution in [3.8, 4) is 21.9 Å². The van der Waals surface area contributed by atoms with Crippen molar-refractivity contribution in [1.82, 2.24) is 0 Å². The van der Waals surface area contributed by atoms with Crippen LogP contribution in [0, 0.1) is 35.8 Å². The molecule has 180 valence electrons. The van der Waals surface area contributed by atoms with Crippen molar-refractivity contribution in [2.24, 2.45) is 9.98 Å². The maximum atomic E-state index is 9.03. The molecule has 1 aliphatic carbocycles. The molecule has 5 heterocycles. The molecule has 0 bridgehead atoms. The van der Waals surface area contributed by atoms with E-state index >= 15 is 0 Å². The number of fused-ring (bicyclic) bond motifs is 5. The first-order valence-electron chi connectivity index (χ1n) is 11.0. The lowest BCUT2D eigenvalue weighted by Gasteiger charge is -2.23. The van der Waals surface area contributed by atoms with Crippen molar-refractivity contribution in [3.05, 3.63) is 68.5 Å². The molecule has 38 heavy (non-hydrogen) atoms. The van der Waals surface area contributed by atoms with Crippen LogP contribution in [-0.4, -0.2) is 11.7 Å². The van der Waals surface area contributed by atoms with Crippen molar-refractivity contribution < 1.29 is 0 Å². The average molecular weight is 581 g/mol. The number of hydrogen-bond donors (Lipinski definition) is 0. The predicted octanol–water partition coefficient (Wildman–Crippen LogP) is 9.75. The molecule has 6 rings (SSSR count). The Morgan fingerprint density at radius 2 is 1.42 bits per heavy atom. The second kappa shape index (κ2) is 9.11. The third-order valence-corrected chi connectivity index (χ3v) is 12.2. The number of nitrogens with zero attached hydrogens (tertiary/aromatic N) is 6. The summed E-state index contributed by atoms with van der Waals surface area (Å²) in [7, 11) is 0. The van der Waals surface area contributed by atoms with Crippen LogP contribution >= 0.6 is 56.7 Å². The molecule has 11 heteroatoms. The van der Waals surface area contributed by atoms with E-state index in [1.165, 1.54) is 57.5 Å². The zero-order chi connectivity index (χ0) is 26.6. The molecular weight excluding hydrogens is 569 g/mol. The van der Waals surface area contributed by atoms with E-state index < -0.39 is 0 Å². The minimum atomic E-state index is -0.185. The first-order valence-corrected chi connectivity index (χ1v) is 15.1. The fraction of sp³-hybridized carbons (Fsp3) is 0.111. The smallest absolute Gasteiger partial charge is 0.350 e. The maximum Gasteiger partial charge on any atom is 0.350 e. The molecule has 0 unspecified atom stereocenters. The predicted molar refractivity (Wildman–Crippen MR) is 162 cm³/mol. The summed E-state index contributed by atoms with van der Waals surface area (Å²) in [6.07, 6.45) is 2.28. The van der Waals surface area contributed by atoms with Gasteiger partial charge in [-0.15, -0.1) is 34.0 Å². The summed E-state index contributed by atoms with van der Waals surface area (Å²) in [5, 5.41) is 19.3. The van der Waals surface area contributed by atoms with E-state index in [1.807, 2.05) is 59.1 Å². The Kier molecular flexibility index (Phi) is 5.85. The first-order chi connectivity index (χ1) is 18.4. The van der Waals surface area contributed by atoms with E-state index in [1.54, 1.807) is 11.3 Å². The van der Waals surface area contributed by atoms with Gasteiger partial charge in [0.05, 0.1) is 14.1 Å².